The standard InChI is InChI=1S/C16H14N6O2/c23-15-11(8-18-14(20-15)13-3-1-2-5-17-13)16(24)22-6-4-12-10(9-22)7-19-21-12/h1-3,5,7-8H,4,6,9H2,(H,19,21)(H,18,20,23). The van der Waals surface area contributed by atoms with Gasteiger partial charge < -0.3 is 9.88 Å². The second-order valence-electron chi connectivity index (χ2n) is 5.54. The Bertz CT molecular complexity index is 946. The molecule has 0 aliphatic carbocycles. The average Bonchev–Trinajstić information content (AvgIpc) is 3.09. The van der Waals surface area contributed by atoms with E-state index in [1.165, 1.54) is 6.20 Å². The number of carbonyl (C=O) groups excluding carboxylic acids is 1. The van der Waals surface area contributed by atoms with E-state index in [4.69, 9.17) is 0 Å². The van der Waals surface area contributed by atoms with Crippen LogP contribution in [0.5, 0.6) is 0 Å². The fraction of sp³-hybridized carbons (Fsp3) is 0.188. The van der Waals surface area contributed by atoms with E-state index in [0.717, 1.165) is 11.3 Å². The first-order valence-corrected chi connectivity index (χ1v) is 7.53. The summed E-state index contributed by atoms with van der Waals surface area (Å²) in [5.41, 5.74) is 2.13. The summed E-state index contributed by atoms with van der Waals surface area (Å²) in [6.45, 7) is 0.974. The minimum atomic E-state index is -0.464. The van der Waals surface area contributed by atoms with Crippen LogP contribution >= 0.6 is 0 Å². The second kappa shape index (κ2) is 5.73. The molecule has 2 N–H and O–H groups in total. The quantitative estimate of drug-likeness (QED) is 0.724. The normalized spacial score (nSPS) is 13.6. The Morgan fingerprint density at radius 1 is 1.21 bits per heavy atom. The number of hydrogen-bond acceptors (Lipinski definition) is 5. The van der Waals surface area contributed by atoms with Crippen LogP contribution in [0.3, 0.4) is 0 Å². The highest BCUT2D eigenvalue weighted by atomic mass is 16.2. The lowest BCUT2D eigenvalue weighted by atomic mass is 10.1. The monoisotopic (exact) mass is 322 g/mol. The predicted molar refractivity (Wildman–Crippen MR) is 85.1 cm³/mol. The van der Waals surface area contributed by atoms with Gasteiger partial charge in [0.15, 0.2) is 5.82 Å². The maximum Gasteiger partial charge on any atom is 0.264 e. The van der Waals surface area contributed by atoms with Gasteiger partial charge in [-0.1, -0.05) is 6.07 Å². The zero-order valence-corrected chi connectivity index (χ0v) is 12.7. The van der Waals surface area contributed by atoms with E-state index in [1.807, 2.05) is 0 Å². The third-order valence-electron chi connectivity index (χ3n) is 4.02. The molecule has 120 valence electrons. The van der Waals surface area contributed by atoms with Crippen LogP contribution in [-0.2, 0) is 13.0 Å². The van der Waals surface area contributed by atoms with Gasteiger partial charge >= 0.3 is 0 Å². The van der Waals surface area contributed by atoms with Crippen LogP contribution < -0.4 is 5.56 Å². The van der Waals surface area contributed by atoms with E-state index < -0.39 is 5.56 Å². The van der Waals surface area contributed by atoms with Gasteiger partial charge in [-0.15, -0.1) is 0 Å². The first kappa shape index (κ1) is 14.3. The molecule has 0 bridgehead atoms. The molecule has 1 aliphatic heterocycles. The van der Waals surface area contributed by atoms with Gasteiger partial charge in [0.05, 0.1) is 6.20 Å². The number of aromatic amines is 2. The van der Waals surface area contributed by atoms with E-state index >= 15 is 0 Å². The summed E-state index contributed by atoms with van der Waals surface area (Å²) in [7, 11) is 0. The number of aromatic nitrogens is 5. The number of carbonyl (C=O) groups is 1. The summed E-state index contributed by atoms with van der Waals surface area (Å²) in [5, 5.41) is 6.90. The highest BCUT2D eigenvalue weighted by molar-refractivity contribution is 5.93. The van der Waals surface area contributed by atoms with Crippen LogP contribution in [-0.4, -0.2) is 42.5 Å². The highest BCUT2D eigenvalue weighted by Gasteiger charge is 2.25. The van der Waals surface area contributed by atoms with Crippen molar-refractivity contribution in [3.63, 3.8) is 0 Å². The van der Waals surface area contributed by atoms with E-state index in [1.54, 1.807) is 35.5 Å². The van der Waals surface area contributed by atoms with E-state index in [9.17, 15) is 9.59 Å². The average molecular weight is 322 g/mol. The fourth-order valence-corrected chi connectivity index (χ4v) is 2.75. The Kier molecular flexibility index (Phi) is 3.42. The molecule has 0 saturated heterocycles. The molecular formula is C16H14N6O2. The fourth-order valence-electron chi connectivity index (χ4n) is 2.75. The third-order valence-corrected chi connectivity index (χ3v) is 4.02. The van der Waals surface area contributed by atoms with Gasteiger partial charge in [-0.3, -0.25) is 19.7 Å². The van der Waals surface area contributed by atoms with Crippen LogP contribution in [0, 0.1) is 0 Å². The summed E-state index contributed by atoms with van der Waals surface area (Å²) in [4.78, 5) is 37.5. The number of nitrogens with one attached hydrogen (secondary N) is 2. The van der Waals surface area contributed by atoms with Gasteiger partial charge in [0.2, 0.25) is 0 Å². The molecule has 1 amide bonds. The largest absolute Gasteiger partial charge is 0.334 e. The molecule has 1 aliphatic rings. The minimum absolute atomic E-state index is 0.0293. The molecule has 0 radical (unpaired) electrons. The van der Waals surface area contributed by atoms with Crippen molar-refractivity contribution in [3.8, 4) is 11.5 Å². The van der Waals surface area contributed by atoms with Gasteiger partial charge in [-0.05, 0) is 12.1 Å². The Hall–Kier alpha value is -3.29. The summed E-state index contributed by atoms with van der Waals surface area (Å²) in [5.74, 6) is 0.0103. The number of rotatable bonds is 2. The maximum atomic E-state index is 12.6. The number of amides is 1. The molecule has 3 aromatic heterocycles. The number of fused-ring (bicyclic) bond motifs is 1. The summed E-state index contributed by atoms with van der Waals surface area (Å²) in [6.07, 6.45) is 5.33. The lowest BCUT2D eigenvalue weighted by molar-refractivity contribution is 0.0732. The van der Waals surface area contributed by atoms with Crippen LogP contribution in [0.25, 0.3) is 11.5 Å². The third kappa shape index (κ3) is 2.47. The molecule has 0 unspecified atom stereocenters. The van der Waals surface area contributed by atoms with Gasteiger partial charge in [0.1, 0.15) is 11.3 Å². The van der Waals surface area contributed by atoms with Crippen molar-refractivity contribution in [3.05, 3.63) is 64.0 Å². The van der Waals surface area contributed by atoms with Gasteiger partial charge in [0, 0.05) is 43.2 Å². The molecule has 8 heteroatoms. The minimum Gasteiger partial charge on any atom is -0.334 e. The van der Waals surface area contributed by atoms with Crippen molar-refractivity contribution in [2.75, 3.05) is 6.54 Å². The molecule has 3 aromatic rings. The number of nitrogens with zero attached hydrogens (tertiary/aromatic N) is 4. The summed E-state index contributed by atoms with van der Waals surface area (Å²) in [6, 6.07) is 5.32. The number of hydrogen-bond donors (Lipinski definition) is 2. The van der Waals surface area contributed by atoms with Crippen molar-refractivity contribution in [2.45, 2.75) is 13.0 Å². The lowest BCUT2D eigenvalue weighted by Crippen LogP contribution is -2.38. The molecular weight excluding hydrogens is 308 g/mol. The molecule has 0 atom stereocenters. The molecule has 0 spiro atoms. The first-order chi connectivity index (χ1) is 11.7. The zero-order chi connectivity index (χ0) is 16.5. The molecule has 0 aromatic carbocycles. The zero-order valence-electron chi connectivity index (χ0n) is 12.7. The topological polar surface area (TPSA) is 108 Å². The van der Waals surface area contributed by atoms with Crippen LogP contribution in [0.2, 0.25) is 0 Å². The van der Waals surface area contributed by atoms with Crippen molar-refractivity contribution < 1.29 is 4.79 Å². The van der Waals surface area contributed by atoms with Crippen LogP contribution in [0.15, 0.2) is 41.6 Å². The molecule has 4 heterocycles. The SMILES string of the molecule is O=C(c1cnc(-c2ccccn2)[nH]c1=O)N1CCc2[nH]ncc2C1. The second-order valence-corrected chi connectivity index (χ2v) is 5.54. The van der Waals surface area contributed by atoms with Crippen molar-refractivity contribution in [1.29, 1.82) is 0 Å². The number of H-pyrrole nitrogens is 2. The van der Waals surface area contributed by atoms with Gasteiger partial charge in [0.25, 0.3) is 11.5 Å². The van der Waals surface area contributed by atoms with E-state index in [-0.39, 0.29) is 11.5 Å². The highest BCUT2D eigenvalue weighted by Crippen LogP contribution is 2.17. The Morgan fingerprint density at radius 3 is 2.92 bits per heavy atom. The van der Waals surface area contributed by atoms with Crippen molar-refractivity contribution in [1.82, 2.24) is 30.0 Å². The van der Waals surface area contributed by atoms with Crippen molar-refractivity contribution >= 4 is 5.91 Å². The lowest BCUT2D eigenvalue weighted by Gasteiger charge is -2.26. The van der Waals surface area contributed by atoms with Crippen LogP contribution in [0.4, 0.5) is 0 Å². The summed E-state index contributed by atoms with van der Waals surface area (Å²) >= 11 is 0. The molecule has 8 nitrogen and oxygen atoms in total. The van der Waals surface area contributed by atoms with E-state index in [0.29, 0.717) is 31.0 Å². The Balaban J connectivity index is 1.61. The van der Waals surface area contributed by atoms with Crippen LogP contribution in [0.1, 0.15) is 21.6 Å². The number of pyridine rings is 1. The Labute approximate surface area is 136 Å². The van der Waals surface area contributed by atoms with Crippen molar-refractivity contribution in [2.24, 2.45) is 0 Å². The molecule has 0 saturated carbocycles. The van der Waals surface area contributed by atoms with E-state index in [2.05, 4.69) is 25.1 Å². The van der Waals surface area contributed by atoms with Gasteiger partial charge in [-0.25, -0.2) is 4.98 Å². The maximum absolute atomic E-state index is 12.6. The first-order valence-electron chi connectivity index (χ1n) is 7.53. The smallest absolute Gasteiger partial charge is 0.264 e. The van der Waals surface area contributed by atoms with Gasteiger partial charge in [-0.2, -0.15) is 5.10 Å². The summed E-state index contributed by atoms with van der Waals surface area (Å²) < 4.78 is 0. The predicted octanol–water partition coefficient (Wildman–Crippen LogP) is 0.753. The molecule has 24 heavy (non-hydrogen) atoms. The Morgan fingerprint density at radius 2 is 2.12 bits per heavy atom. The molecule has 0 fully saturated rings. The molecule has 4 rings (SSSR count).